The molecule has 0 spiro atoms. The predicted octanol–water partition coefficient (Wildman–Crippen LogP) is 4.92. The van der Waals surface area contributed by atoms with Gasteiger partial charge in [0.25, 0.3) is 0 Å². The van der Waals surface area contributed by atoms with Crippen LogP contribution in [0.4, 0.5) is 5.69 Å². The van der Waals surface area contributed by atoms with Crippen LogP contribution in [0.25, 0.3) is 0 Å². The van der Waals surface area contributed by atoms with Crippen molar-refractivity contribution in [2.45, 2.75) is 32.4 Å². The molecule has 1 aliphatic carbocycles. The van der Waals surface area contributed by atoms with E-state index in [1.54, 1.807) is 7.11 Å². The van der Waals surface area contributed by atoms with Crippen LogP contribution in [0.1, 0.15) is 36.3 Å². The van der Waals surface area contributed by atoms with E-state index in [0.29, 0.717) is 19.1 Å². The van der Waals surface area contributed by atoms with Crippen molar-refractivity contribution in [2.75, 3.05) is 12.4 Å². The Balaban J connectivity index is 1.67. The zero-order chi connectivity index (χ0) is 14.8. The van der Waals surface area contributed by atoms with Gasteiger partial charge in [0.05, 0.1) is 13.2 Å². The summed E-state index contributed by atoms with van der Waals surface area (Å²) in [6, 6.07) is 10.3. The van der Waals surface area contributed by atoms with Gasteiger partial charge in [-0.05, 0) is 36.6 Å². The largest absolute Gasteiger partial charge is 0.464 e. The van der Waals surface area contributed by atoms with E-state index in [0.717, 1.165) is 33.2 Å². The summed E-state index contributed by atoms with van der Waals surface area (Å²) >= 11 is 3.57. The number of furan rings is 1. The van der Waals surface area contributed by atoms with Crippen molar-refractivity contribution in [3.63, 3.8) is 0 Å². The van der Waals surface area contributed by atoms with Crippen LogP contribution < -0.4 is 5.32 Å². The number of halogens is 1. The molecule has 1 N–H and O–H groups in total. The first-order chi connectivity index (χ1) is 10.2. The Morgan fingerprint density at radius 1 is 1.33 bits per heavy atom. The first-order valence-corrected chi connectivity index (χ1v) is 8.07. The molecule has 1 fully saturated rings. The minimum absolute atomic E-state index is 0.576. The molecule has 1 aliphatic rings. The van der Waals surface area contributed by atoms with Gasteiger partial charge in [0, 0.05) is 28.8 Å². The van der Waals surface area contributed by atoms with Gasteiger partial charge in [0.2, 0.25) is 0 Å². The molecule has 21 heavy (non-hydrogen) atoms. The Labute approximate surface area is 133 Å². The maximum Gasteiger partial charge on any atom is 0.123 e. The fraction of sp³-hybridized carbons (Fsp3) is 0.412. The number of nitrogens with one attached hydrogen (secondary N) is 1. The van der Waals surface area contributed by atoms with Crippen molar-refractivity contribution in [3.8, 4) is 0 Å². The molecule has 2 aromatic rings. The molecule has 3 rings (SSSR count). The zero-order valence-corrected chi connectivity index (χ0v) is 13.9. The van der Waals surface area contributed by atoms with Crippen LogP contribution in [0.15, 0.2) is 39.2 Å². The zero-order valence-electron chi connectivity index (χ0n) is 12.4. The number of hydrogen-bond acceptors (Lipinski definition) is 3. The number of rotatable bonds is 6. The van der Waals surface area contributed by atoms with E-state index in [2.05, 4.69) is 46.4 Å². The van der Waals surface area contributed by atoms with Crippen LogP contribution in [0.2, 0.25) is 0 Å². The van der Waals surface area contributed by atoms with Gasteiger partial charge < -0.3 is 14.5 Å². The summed E-state index contributed by atoms with van der Waals surface area (Å²) in [7, 11) is 1.71. The summed E-state index contributed by atoms with van der Waals surface area (Å²) in [5, 5.41) is 3.44. The van der Waals surface area contributed by atoms with Crippen molar-refractivity contribution in [1.29, 1.82) is 0 Å². The second-order valence-corrected chi connectivity index (χ2v) is 6.53. The average molecular weight is 350 g/mol. The highest BCUT2D eigenvalue weighted by molar-refractivity contribution is 9.10. The molecule has 1 saturated carbocycles. The summed E-state index contributed by atoms with van der Waals surface area (Å²) in [5.41, 5.74) is 2.20. The molecule has 0 saturated heterocycles. The third-order valence-electron chi connectivity index (χ3n) is 4.02. The summed E-state index contributed by atoms with van der Waals surface area (Å²) in [6.45, 7) is 3.53. The molecule has 2 unspecified atom stereocenters. The van der Waals surface area contributed by atoms with Gasteiger partial charge in [-0.15, -0.1) is 0 Å². The lowest BCUT2D eigenvalue weighted by molar-refractivity contribution is 0.185. The molecule has 1 aromatic heterocycles. The van der Waals surface area contributed by atoms with Crippen molar-refractivity contribution in [1.82, 2.24) is 0 Å². The molecule has 112 valence electrons. The highest BCUT2D eigenvalue weighted by Gasteiger charge is 2.36. The molecule has 1 heterocycles. The van der Waals surface area contributed by atoms with E-state index in [-0.39, 0.29) is 0 Å². The third-order valence-corrected chi connectivity index (χ3v) is 4.76. The lowest BCUT2D eigenvalue weighted by Gasteiger charge is -2.12. The average Bonchev–Trinajstić information content (AvgIpc) is 3.01. The van der Waals surface area contributed by atoms with Crippen LogP contribution in [-0.2, 0) is 17.9 Å². The number of anilines is 1. The maximum atomic E-state index is 5.92. The Kier molecular flexibility index (Phi) is 4.36. The van der Waals surface area contributed by atoms with E-state index in [1.807, 2.05) is 12.1 Å². The first kappa shape index (κ1) is 14.7. The molecule has 3 nitrogen and oxygen atoms in total. The molecule has 0 radical (unpaired) electrons. The Morgan fingerprint density at radius 2 is 2.14 bits per heavy atom. The molecular formula is C17H20BrNO2. The number of methoxy groups -OCH3 is 1. The van der Waals surface area contributed by atoms with Gasteiger partial charge in [-0.2, -0.15) is 0 Å². The molecular weight excluding hydrogens is 330 g/mol. The summed E-state index contributed by atoms with van der Waals surface area (Å²) in [6.07, 6.45) is 1.25. The Hall–Kier alpha value is -1.26. The fourth-order valence-corrected chi connectivity index (χ4v) is 3.09. The SMILES string of the molecule is COCc1c(Br)cccc1NCc1ccc(C2CC2C)o1. The number of benzene rings is 1. The van der Waals surface area contributed by atoms with Gasteiger partial charge in [-0.25, -0.2) is 0 Å². The summed E-state index contributed by atoms with van der Waals surface area (Å²) in [4.78, 5) is 0. The van der Waals surface area contributed by atoms with Gasteiger partial charge in [-0.3, -0.25) is 0 Å². The maximum absolute atomic E-state index is 5.92. The van der Waals surface area contributed by atoms with Crippen molar-refractivity contribution < 1.29 is 9.15 Å². The number of hydrogen-bond donors (Lipinski definition) is 1. The minimum atomic E-state index is 0.576. The van der Waals surface area contributed by atoms with Gasteiger partial charge >= 0.3 is 0 Å². The second-order valence-electron chi connectivity index (χ2n) is 5.68. The smallest absolute Gasteiger partial charge is 0.123 e. The van der Waals surface area contributed by atoms with E-state index in [1.165, 1.54) is 6.42 Å². The Bertz CT molecular complexity index is 623. The molecule has 4 heteroatoms. The van der Waals surface area contributed by atoms with E-state index < -0.39 is 0 Å². The van der Waals surface area contributed by atoms with Crippen LogP contribution in [0.5, 0.6) is 0 Å². The monoisotopic (exact) mass is 349 g/mol. The second kappa shape index (κ2) is 6.24. The molecule has 0 amide bonds. The molecule has 1 aromatic carbocycles. The predicted molar refractivity (Wildman–Crippen MR) is 87.4 cm³/mol. The summed E-state index contributed by atoms with van der Waals surface area (Å²) < 4.78 is 12.2. The van der Waals surface area contributed by atoms with E-state index in [9.17, 15) is 0 Å². The van der Waals surface area contributed by atoms with Crippen LogP contribution in [-0.4, -0.2) is 7.11 Å². The molecule has 2 atom stereocenters. The normalized spacial score (nSPS) is 20.5. The van der Waals surface area contributed by atoms with Gasteiger partial charge in [0.1, 0.15) is 11.5 Å². The van der Waals surface area contributed by atoms with Crippen LogP contribution in [0, 0.1) is 5.92 Å². The van der Waals surface area contributed by atoms with E-state index in [4.69, 9.17) is 9.15 Å². The summed E-state index contributed by atoms with van der Waals surface area (Å²) in [5.74, 6) is 3.52. The highest BCUT2D eigenvalue weighted by Crippen LogP contribution is 2.47. The quantitative estimate of drug-likeness (QED) is 0.803. The van der Waals surface area contributed by atoms with Crippen molar-refractivity contribution >= 4 is 21.6 Å². The topological polar surface area (TPSA) is 34.4 Å². The van der Waals surface area contributed by atoms with Crippen molar-refractivity contribution in [2.24, 2.45) is 5.92 Å². The van der Waals surface area contributed by atoms with Gasteiger partial charge in [-0.1, -0.05) is 28.9 Å². The van der Waals surface area contributed by atoms with Crippen molar-refractivity contribution in [3.05, 3.63) is 51.9 Å². The third kappa shape index (κ3) is 3.33. The van der Waals surface area contributed by atoms with Gasteiger partial charge in [0.15, 0.2) is 0 Å². The van der Waals surface area contributed by atoms with Crippen LogP contribution >= 0.6 is 15.9 Å². The first-order valence-electron chi connectivity index (χ1n) is 7.28. The molecule has 0 bridgehead atoms. The minimum Gasteiger partial charge on any atom is -0.464 e. The lowest BCUT2D eigenvalue weighted by Crippen LogP contribution is -2.03. The standard InChI is InChI=1S/C17H20BrNO2/c1-11-8-13(11)17-7-6-12(21-17)9-19-16-5-3-4-15(18)14(16)10-20-2/h3-7,11,13,19H,8-10H2,1-2H3. The molecule has 0 aliphatic heterocycles. The lowest BCUT2D eigenvalue weighted by atomic mass is 10.2. The number of ether oxygens (including phenoxy) is 1. The van der Waals surface area contributed by atoms with E-state index >= 15 is 0 Å². The highest BCUT2D eigenvalue weighted by atomic mass is 79.9. The Morgan fingerprint density at radius 3 is 2.86 bits per heavy atom. The van der Waals surface area contributed by atoms with Crippen LogP contribution in [0.3, 0.4) is 0 Å². The fourth-order valence-electron chi connectivity index (χ4n) is 2.60.